The van der Waals surface area contributed by atoms with Gasteiger partial charge in [-0.05, 0) is 88.8 Å². The van der Waals surface area contributed by atoms with Crippen molar-refractivity contribution in [3.05, 3.63) is 86.2 Å². The Balaban J connectivity index is 1.55. The lowest BCUT2D eigenvalue weighted by Crippen LogP contribution is -2.54. The topological polar surface area (TPSA) is 114 Å². The minimum absolute atomic E-state index is 0.202. The molecule has 0 aromatic heterocycles. The number of imide groups is 2. The Kier molecular flexibility index (Phi) is 8.27. The average molecular weight is 650 g/mol. The van der Waals surface area contributed by atoms with Crippen molar-refractivity contribution in [2.45, 2.75) is 0 Å². The first-order valence-corrected chi connectivity index (χ1v) is 12.3. The lowest BCUT2D eigenvalue weighted by molar-refractivity contribution is -0.122. The summed E-state index contributed by atoms with van der Waals surface area (Å²) < 4.78 is 24.6. The second kappa shape index (κ2) is 11.6. The maximum absolute atomic E-state index is 13.1. The number of barbiturate groups is 1. The molecule has 0 unspecified atom stereocenters. The van der Waals surface area contributed by atoms with Crippen molar-refractivity contribution in [2.75, 3.05) is 23.9 Å². The molecule has 1 aliphatic heterocycles. The van der Waals surface area contributed by atoms with Crippen LogP contribution in [0.2, 0.25) is 5.02 Å². The van der Waals surface area contributed by atoms with Crippen molar-refractivity contribution in [1.29, 1.82) is 0 Å². The molecule has 3 aromatic rings. The van der Waals surface area contributed by atoms with Gasteiger partial charge in [0.1, 0.15) is 11.4 Å². The zero-order valence-corrected chi connectivity index (χ0v) is 22.5. The molecule has 1 saturated heterocycles. The number of methoxy groups -OCH3 is 1. The highest BCUT2D eigenvalue weighted by atomic mass is 127. The van der Waals surface area contributed by atoms with Gasteiger partial charge in [0.15, 0.2) is 18.1 Å². The van der Waals surface area contributed by atoms with Crippen molar-refractivity contribution in [1.82, 2.24) is 5.32 Å². The summed E-state index contributed by atoms with van der Waals surface area (Å²) in [7, 11) is 1.39. The fourth-order valence-electron chi connectivity index (χ4n) is 3.51. The number of anilines is 2. The molecule has 2 N–H and O–H groups in total. The maximum atomic E-state index is 13.1. The third-order valence-electron chi connectivity index (χ3n) is 5.21. The van der Waals surface area contributed by atoms with Crippen LogP contribution in [0.15, 0.2) is 66.2 Å². The van der Waals surface area contributed by atoms with Crippen LogP contribution >= 0.6 is 34.2 Å². The van der Waals surface area contributed by atoms with E-state index >= 15 is 0 Å². The number of amides is 5. The number of nitrogens with zero attached hydrogens (tertiary/aromatic N) is 1. The van der Waals surface area contributed by atoms with Gasteiger partial charge >= 0.3 is 6.03 Å². The fourth-order valence-corrected chi connectivity index (χ4v) is 4.47. The molecule has 4 rings (SSSR count). The third kappa shape index (κ3) is 6.11. The zero-order chi connectivity index (χ0) is 27.4. The zero-order valence-electron chi connectivity index (χ0n) is 19.6. The van der Waals surface area contributed by atoms with Crippen LogP contribution in [-0.2, 0) is 14.4 Å². The van der Waals surface area contributed by atoms with Crippen LogP contribution in [-0.4, -0.2) is 37.5 Å². The standard InChI is InChI=1S/C26H18ClFIN3O6/c1-37-21-11-14(10-20(29)23(21)38-13-22(33)30-17-7-5-16(28)6-8-17)9-19-24(34)31-26(36)32(25(19)35)18-4-2-3-15(27)12-18/h2-12H,13H2,1H3,(H,30,33)(H,31,34,36)/b19-9+. The van der Waals surface area contributed by atoms with E-state index in [0.29, 0.717) is 19.8 Å². The van der Waals surface area contributed by atoms with E-state index in [0.717, 1.165) is 4.90 Å². The van der Waals surface area contributed by atoms with Crippen molar-refractivity contribution < 1.29 is 33.0 Å². The molecule has 194 valence electrons. The average Bonchev–Trinajstić information content (AvgIpc) is 2.87. The molecule has 0 spiro atoms. The van der Waals surface area contributed by atoms with Gasteiger partial charge < -0.3 is 14.8 Å². The fraction of sp³-hybridized carbons (Fsp3) is 0.0769. The Morgan fingerprint density at radius 1 is 1.13 bits per heavy atom. The summed E-state index contributed by atoms with van der Waals surface area (Å²) in [6, 6.07) is 13.6. The minimum atomic E-state index is -0.894. The van der Waals surface area contributed by atoms with Gasteiger partial charge in [-0.25, -0.2) is 14.1 Å². The SMILES string of the molecule is COc1cc(/C=C2\C(=O)NC(=O)N(c3cccc(Cl)c3)C2=O)cc(I)c1OCC(=O)Nc1ccc(F)cc1. The van der Waals surface area contributed by atoms with Gasteiger partial charge in [-0.1, -0.05) is 17.7 Å². The molecule has 5 amide bonds. The largest absolute Gasteiger partial charge is 0.493 e. The number of carbonyl (C=O) groups is 4. The maximum Gasteiger partial charge on any atom is 0.335 e. The molecule has 0 atom stereocenters. The highest BCUT2D eigenvalue weighted by Gasteiger charge is 2.37. The van der Waals surface area contributed by atoms with Gasteiger partial charge in [-0.15, -0.1) is 0 Å². The minimum Gasteiger partial charge on any atom is -0.493 e. The van der Waals surface area contributed by atoms with Crippen molar-refractivity contribution in [2.24, 2.45) is 0 Å². The molecule has 1 fully saturated rings. The van der Waals surface area contributed by atoms with Gasteiger partial charge in [0.25, 0.3) is 17.7 Å². The molecule has 1 aliphatic rings. The van der Waals surface area contributed by atoms with E-state index < -0.39 is 29.6 Å². The van der Waals surface area contributed by atoms with Gasteiger partial charge in [0, 0.05) is 10.7 Å². The third-order valence-corrected chi connectivity index (χ3v) is 6.24. The Hall–Kier alpha value is -3.97. The summed E-state index contributed by atoms with van der Waals surface area (Å²) in [6.45, 7) is -0.359. The smallest absolute Gasteiger partial charge is 0.335 e. The summed E-state index contributed by atoms with van der Waals surface area (Å²) in [4.78, 5) is 51.1. The number of urea groups is 1. The van der Waals surface area contributed by atoms with Crippen molar-refractivity contribution in [3.8, 4) is 11.5 Å². The number of hydrogen-bond acceptors (Lipinski definition) is 6. The van der Waals surface area contributed by atoms with E-state index in [1.807, 2.05) is 22.6 Å². The van der Waals surface area contributed by atoms with Crippen LogP contribution < -0.4 is 25.0 Å². The summed E-state index contributed by atoms with van der Waals surface area (Å²) in [5, 5.41) is 5.05. The summed E-state index contributed by atoms with van der Waals surface area (Å²) in [5.41, 5.74) is 0.737. The summed E-state index contributed by atoms with van der Waals surface area (Å²) in [6.07, 6.45) is 1.32. The number of halogens is 3. The molecule has 0 aliphatic carbocycles. The molecule has 12 heteroatoms. The van der Waals surface area contributed by atoms with E-state index in [-0.39, 0.29) is 29.4 Å². The quantitative estimate of drug-likeness (QED) is 0.217. The normalized spacial score (nSPS) is 14.4. The van der Waals surface area contributed by atoms with Crippen LogP contribution in [0.1, 0.15) is 5.56 Å². The first-order valence-electron chi connectivity index (χ1n) is 10.9. The van der Waals surface area contributed by atoms with Gasteiger partial charge in [0.05, 0.1) is 16.4 Å². The van der Waals surface area contributed by atoms with E-state index in [1.54, 1.807) is 18.2 Å². The summed E-state index contributed by atoms with van der Waals surface area (Å²) >= 11 is 7.96. The monoisotopic (exact) mass is 649 g/mol. The van der Waals surface area contributed by atoms with Gasteiger partial charge in [0.2, 0.25) is 0 Å². The lowest BCUT2D eigenvalue weighted by atomic mass is 10.1. The lowest BCUT2D eigenvalue weighted by Gasteiger charge is -2.26. The van der Waals surface area contributed by atoms with Gasteiger partial charge in [-0.2, -0.15) is 0 Å². The number of nitrogens with one attached hydrogen (secondary N) is 2. The van der Waals surface area contributed by atoms with Crippen LogP contribution in [0.4, 0.5) is 20.6 Å². The molecule has 38 heavy (non-hydrogen) atoms. The Morgan fingerprint density at radius 3 is 2.55 bits per heavy atom. The Labute approximate surface area is 234 Å². The van der Waals surface area contributed by atoms with Gasteiger partial charge in [-0.3, -0.25) is 19.7 Å². The molecule has 3 aromatic carbocycles. The predicted molar refractivity (Wildman–Crippen MR) is 147 cm³/mol. The second-order valence-electron chi connectivity index (χ2n) is 7.82. The predicted octanol–water partition coefficient (Wildman–Crippen LogP) is 4.78. The van der Waals surface area contributed by atoms with Crippen LogP contribution in [0.3, 0.4) is 0 Å². The van der Waals surface area contributed by atoms with Crippen molar-refractivity contribution in [3.63, 3.8) is 0 Å². The van der Waals surface area contributed by atoms with E-state index in [2.05, 4.69) is 10.6 Å². The van der Waals surface area contributed by atoms with E-state index in [9.17, 15) is 23.6 Å². The summed E-state index contributed by atoms with van der Waals surface area (Å²) in [5.74, 6) is -2.08. The number of rotatable bonds is 7. The molecule has 9 nitrogen and oxygen atoms in total. The first-order chi connectivity index (χ1) is 18.2. The molecular weight excluding hydrogens is 632 g/mol. The van der Waals surface area contributed by atoms with Crippen LogP contribution in [0.5, 0.6) is 11.5 Å². The van der Waals surface area contributed by atoms with Crippen molar-refractivity contribution >= 4 is 75.4 Å². The highest BCUT2D eigenvalue weighted by molar-refractivity contribution is 14.1. The molecule has 1 heterocycles. The number of benzene rings is 3. The highest BCUT2D eigenvalue weighted by Crippen LogP contribution is 2.35. The van der Waals surface area contributed by atoms with Crippen LogP contribution in [0, 0.1) is 9.39 Å². The van der Waals surface area contributed by atoms with Crippen LogP contribution in [0.25, 0.3) is 6.08 Å². The molecule has 0 bridgehead atoms. The first kappa shape index (κ1) is 27.1. The number of hydrogen-bond donors (Lipinski definition) is 2. The number of ether oxygens (including phenoxy) is 2. The Morgan fingerprint density at radius 2 is 1.87 bits per heavy atom. The molecule has 0 saturated carbocycles. The Bertz CT molecular complexity index is 1480. The molecular formula is C26H18ClFIN3O6. The van der Waals surface area contributed by atoms with E-state index in [4.69, 9.17) is 21.1 Å². The van der Waals surface area contributed by atoms with E-state index in [1.165, 1.54) is 55.7 Å². The second-order valence-corrected chi connectivity index (χ2v) is 9.41. The molecule has 0 radical (unpaired) electrons. The number of carbonyl (C=O) groups excluding carboxylic acids is 4.